The molecule has 1 unspecified atom stereocenters. The van der Waals surface area contributed by atoms with Crippen LogP contribution in [0.25, 0.3) is 0 Å². The number of likely N-dealkylation sites (tertiary alicyclic amines) is 2. The van der Waals surface area contributed by atoms with Gasteiger partial charge >= 0.3 is 0 Å². The lowest BCUT2D eigenvalue weighted by Crippen LogP contribution is -2.44. The van der Waals surface area contributed by atoms with Gasteiger partial charge in [-0.25, -0.2) is 0 Å². The summed E-state index contributed by atoms with van der Waals surface area (Å²) in [5.74, 6) is 1.75. The van der Waals surface area contributed by atoms with Crippen molar-refractivity contribution in [1.29, 1.82) is 0 Å². The third kappa shape index (κ3) is 3.88. The molecular weight excluding hydrogens is 328 g/mol. The molecule has 5 heteroatoms. The number of nitrogens with zero attached hydrogens (tertiary/aromatic N) is 2. The number of ether oxygens (including phenoxy) is 2. The summed E-state index contributed by atoms with van der Waals surface area (Å²) >= 11 is 0. The van der Waals surface area contributed by atoms with Crippen molar-refractivity contribution in [3.63, 3.8) is 0 Å². The summed E-state index contributed by atoms with van der Waals surface area (Å²) in [5, 5.41) is 0. The molecular formula is C21H30N2O3. The van der Waals surface area contributed by atoms with Crippen molar-refractivity contribution in [3.8, 4) is 11.5 Å². The second-order valence-electron chi connectivity index (χ2n) is 7.48. The number of rotatable bonds is 5. The van der Waals surface area contributed by atoms with Crippen LogP contribution in [0.3, 0.4) is 0 Å². The number of hydrogen-bond donors (Lipinski definition) is 0. The van der Waals surface area contributed by atoms with Crippen molar-refractivity contribution in [2.75, 3.05) is 40.4 Å². The van der Waals surface area contributed by atoms with Crippen LogP contribution < -0.4 is 9.47 Å². The van der Waals surface area contributed by atoms with Crippen LogP contribution in [0.4, 0.5) is 0 Å². The molecule has 0 aromatic heterocycles. The van der Waals surface area contributed by atoms with Gasteiger partial charge in [-0.2, -0.15) is 0 Å². The van der Waals surface area contributed by atoms with Crippen molar-refractivity contribution in [3.05, 3.63) is 35.9 Å². The van der Waals surface area contributed by atoms with E-state index in [0.29, 0.717) is 0 Å². The molecule has 1 atom stereocenters. The minimum Gasteiger partial charge on any atom is -0.493 e. The molecule has 2 saturated heterocycles. The maximum Gasteiger partial charge on any atom is 0.246 e. The van der Waals surface area contributed by atoms with Crippen LogP contribution in [0.2, 0.25) is 0 Å². The van der Waals surface area contributed by atoms with E-state index in [9.17, 15) is 4.79 Å². The summed E-state index contributed by atoms with van der Waals surface area (Å²) in [5.41, 5.74) is 1.39. The lowest BCUT2D eigenvalue weighted by Gasteiger charge is -2.40. The van der Waals surface area contributed by atoms with Crippen LogP contribution in [0.15, 0.2) is 30.4 Å². The summed E-state index contributed by atoms with van der Waals surface area (Å²) in [6.07, 6.45) is 6.99. The fourth-order valence-corrected chi connectivity index (χ4v) is 4.47. The zero-order valence-corrected chi connectivity index (χ0v) is 16.2. The lowest BCUT2D eigenvalue weighted by molar-refractivity contribution is -0.125. The Morgan fingerprint density at radius 3 is 2.77 bits per heavy atom. The first-order chi connectivity index (χ1) is 12.6. The molecule has 5 nitrogen and oxygen atoms in total. The van der Waals surface area contributed by atoms with E-state index < -0.39 is 0 Å². The number of benzene rings is 1. The van der Waals surface area contributed by atoms with Gasteiger partial charge in [0.15, 0.2) is 11.5 Å². The standard InChI is InChI=1S/C21H30N2O3/c1-4-7-19(24)23-13-11-21(16-23)10-6-12-22(15-21)14-17-8-5-9-18(25-2)20(17)26-3/h4-5,7-9H,6,10-16H2,1-3H3/b7-4+. The van der Waals surface area contributed by atoms with Gasteiger partial charge in [0.2, 0.25) is 5.91 Å². The number of carbonyl (C=O) groups excluding carboxylic acids is 1. The van der Waals surface area contributed by atoms with E-state index >= 15 is 0 Å². The van der Waals surface area contributed by atoms with Crippen LogP contribution >= 0.6 is 0 Å². The van der Waals surface area contributed by atoms with Gasteiger partial charge in [0.1, 0.15) is 0 Å². The molecule has 2 aliphatic heterocycles. The van der Waals surface area contributed by atoms with Crippen molar-refractivity contribution < 1.29 is 14.3 Å². The van der Waals surface area contributed by atoms with Gasteiger partial charge in [0.25, 0.3) is 0 Å². The Morgan fingerprint density at radius 2 is 2.04 bits per heavy atom. The molecule has 0 N–H and O–H groups in total. The Balaban J connectivity index is 1.69. The maximum absolute atomic E-state index is 12.2. The molecule has 2 fully saturated rings. The highest BCUT2D eigenvalue weighted by Crippen LogP contribution is 2.40. The Morgan fingerprint density at radius 1 is 1.19 bits per heavy atom. The smallest absolute Gasteiger partial charge is 0.246 e. The van der Waals surface area contributed by atoms with Gasteiger partial charge in [-0.15, -0.1) is 0 Å². The zero-order valence-electron chi connectivity index (χ0n) is 16.2. The Bertz CT molecular complexity index is 673. The number of piperidine rings is 1. The molecule has 1 spiro atoms. The minimum absolute atomic E-state index is 0.149. The molecule has 142 valence electrons. The van der Waals surface area contributed by atoms with Gasteiger partial charge in [-0.3, -0.25) is 9.69 Å². The van der Waals surface area contributed by atoms with Gasteiger partial charge < -0.3 is 14.4 Å². The van der Waals surface area contributed by atoms with Crippen LogP contribution in [0.1, 0.15) is 31.7 Å². The summed E-state index contributed by atoms with van der Waals surface area (Å²) in [7, 11) is 3.37. The van der Waals surface area contributed by atoms with Gasteiger partial charge in [0.05, 0.1) is 14.2 Å². The van der Waals surface area contributed by atoms with E-state index in [-0.39, 0.29) is 11.3 Å². The fourth-order valence-electron chi connectivity index (χ4n) is 4.47. The highest BCUT2D eigenvalue weighted by molar-refractivity contribution is 5.87. The van der Waals surface area contributed by atoms with Crippen molar-refractivity contribution in [2.45, 2.75) is 32.7 Å². The number of hydrogen-bond acceptors (Lipinski definition) is 4. The lowest BCUT2D eigenvalue weighted by atomic mass is 9.79. The van der Waals surface area contributed by atoms with Gasteiger partial charge in [0, 0.05) is 37.2 Å². The van der Waals surface area contributed by atoms with Crippen LogP contribution in [-0.2, 0) is 11.3 Å². The summed E-state index contributed by atoms with van der Waals surface area (Å²) in [6.45, 7) is 6.62. The molecule has 26 heavy (non-hydrogen) atoms. The number of amides is 1. The van der Waals surface area contributed by atoms with E-state index in [1.165, 1.54) is 12.8 Å². The average Bonchev–Trinajstić information content (AvgIpc) is 3.05. The molecule has 1 aromatic rings. The molecule has 2 aliphatic rings. The second-order valence-corrected chi connectivity index (χ2v) is 7.48. The molecule has 1 amide bonds. The maximum atomic E-state index is 12.2. The number of allylic oxidation sites excluding steroid dienone is 1. The molecule has 1 aromatic carbocycles. The molecule has 0 aliphatic carbocycles. The van der Waals surface area contributed by atoms with Gasteiger partial charge in [-0.1, -0.05) is 18.2 Å². The molecule has 0 radical (unpaired) electrons. The Labute approximate surface area is 156 Å². The number of para-hydroxylation sites is 1. The Hall–Kier alpha value is -2.01. The monoisotopic (exact) mass is 358 g/mol. The van der Waals surface area contributed by atoms with E-state index in [0.717, 1.165) is 56.2 Å². The minimum atomic E-state index is 0.149. The van der Waals surface area contributed by atoms with E-state index in [2.05, 4.69) is 11.0 Å². The zero-order chi connectivity index (χ0) is 18.6. The number of carbonyl (C=O) groups is 1. The first kappa shape index (κ1) is 18.8. The topological polar surface area (TPSA) is 42.0 Å². The first-order valence-electron chi connectivity index (χ1n) is 9.44. The largest absolute Gasteiger partial charge is 0.493 e. The molecule has 0 bridgehead atoms. The summed E-state index contributed by atoms with van der Waals surface area (Å²) < 4.78 is 11.0. The van der Waals surface area contributed by atoms with E-state index in [1.807, 2.05) is 30.0 Å². The Kier molecular flexibility index (Phi) is 5.87. The highest BCUT2D eigenvalue weighted by atomic mass is 16.5. The van der Waals surface area contributed by atoms with E-state index in [4.69, 9.17) is 9.47 Å². The molecule has 3 rings (SSSR count). The third-order valence-electron chi connectivity index (χ3n) is 5.68. The normalized spacial score (nSPS) is 23.7. The van der Waals surface area contributed by atoms with Crippen molar-refractivity contribution in [1.82, 2.24) is 9.80 Å². The number of methoxy groups -OCH3 is 2. The first-order valence-corrected chi connectivity index (χ1v) is 9.44. The summed E-state index contributed by atoms with van der Waals surface area (Å²) in [4.78, 5) is 16.7. The van der Waals surface area contributed by atoms with Gasteiger partial charge in [-0.05, 0) is 44.9 Å². The predicted octanol–water partition coefficient (Wildman–Crippen LogP) is 3.09. The van der Waals surface area contributed by atoms with Crippen molar-refractivity contribution in [2.24, 2.45) is 5.41 Å². The second kappa shape index (κ2) is 8.12. The highest BCUT2D eigenvalue weighted by Gasteiger charge is 2.42. The third-order valence-corrected chi connectivity index (χ3v) is 5.68. The summed E-state index contributed by atoms with van der Waals surface area (Å²) in [6, 6.07) is 6.06. The predicted molar refractivity (Wildman–Crippen MR) is 103 cm³/mol. The van der Waals surface area contributed by atoms with Crippen LogP contribution in [0, 0.1) is 5.41 Å². The van der Waals surface area contributed by atoms with Crippen LogP contribution in [0.5, 0.6) is 11.5 Å². The average molecular weight is 358 g/mol. The van der Waals surface area contributed by atoms with E-state index in [1.54, 1.807) is 20.3 Å². The fraction of sp³-hybridized carbons (Fsp3) is 0.571. The van der Waals surface area contributed by atoms with Crippen LogP contribution in [-0.4, -0.2) is 56.1 Å². The SMILES string of the molecule is C/C=C/C(=O)N1CCC2(CCCN(Cc3cccc(OC)c3OC)C2)C1. The quantitative estimate of drug-likeness (QED) is 0.759. The molecule has 0 saturated carbocycles. The molecule has 2 heterocycles. The van der Waals surface area contributed by atoms with Crippen molar-refractivity contribution >= 4 is 5.91 Å².